The minimum atomic E-state index is -0.0754. The number of carbonyl (C=O) groups is 1. The molecule has 5 heteroatoms. The first kappa shape index (κ1) is 15.7. The van der Waals surface area contributed by atoms with Crippen molar-refractivity contribution in [2.24, 2.45) is 0 Å². The van der Waals surface area contributed by atoms with Crippen molar-refractivity contribution in [2.75, 3.05) is 17.2 Å². The second-order valence-corrected chi connectivity index (χ2v) is 5.54. The smallest absolute Gasteiger partial charge is 0.226 e. The quantitative estimate of drug-likeness (QED) is 0.834. The second kappa shape index (κ2) is 7.34. The van der Waals surface area contributed by atoms with Gasteiger partial charge in [0.1, 0.15) is 0 Å². The van der Waals surface area contributed by atoms with Crippen LogP contribution in [-0.2, 0) is 4.79 Å². The van der Waals surface area contributed by atoms with E-state index < -0.39 is 0 Å². The largest absolute Gasteiger partial charge is 0.385 e. The van der Waals surface area contributed by atoms with E-state index in [-0.39, 0.29) is 5.91 Å². The van der Waals surface area contributed by atoms with Gasteiger partial charge in [-0.2, -0.15) is 0 Å². The van der Waals surface area contributed by atoms with Crippen molar-refractivity contribution in [3.8, 4) is 0 Å². The molecule has 110 valence electrons. The molecule has 21 heavy (non-hydrogen) atoms. The summed E-state index contributed by atoms with van der Waals surface area (Å²) in [6.07, 6.45) is 0.369. The van der Waals surface area contributed by atoms with E-state index in [2.05, 4.69) is 10.6 Å². The maximum absolute atomic E-state index is 11.8. The summed E-state index contributed by atoms with van der Waals surface area (Å²) in [6, 6.07) is 13.0. The first-order chi connectivity index (χ1) is 10.0. The van der Waals surface area contributed by atoms with Crippen molar-refractivity contribution in [3.05, 3.63) is 58.1 Å². The lowest BCUT2D eigenvalue weighted by molar-refractivity contribution is -0.115. The first-order valence-electron chi connectivity index (χ1n) is 6.60. The number of aryl methyl sites for hydroxylation is 1. The summed E-state index contributed by atoms with van der Waals surface area (Å²) < 4.78 is 0. The SMILES string of the molecule is Cc1cccc(NCCC(=O)Nc2ccc(Cl)c(Cl)c2)c1. The summed E-state index contributed by atoms with van der Waals surface area (Å²) in [5.41, 5.74) is 2.84. The lowest BCUT2D eigenvalue weighted by Crippen LogP contribution is -2.16. The number of anilines is 2. The summed E-state index contributed by atoms with van der Waals surface area (Å²) >= 11 is 11.7. The highest BCUT2D eigenvalue weighted by Crippen LogP contribution is 2.25. The summed E-state index contributed by atoms with van der Waals surface area (Å²) in [4.78, 5) is 11.8. The molecule has 0 bridgehead atoms. The zero-order chi connectivity index (χ0) is 15.2. The van der Waals surface area contributed by atoms with Crippen LogP contribution in [0.3, 0.4) is 0 Å². The fourth-order valence-corrected chi connectivity index (χ4v) is 2.17. The number of nitrogens with one attached hydrogen (secondary N) is 2. The molecular formula is C16H16Cl2N2O. The Morgan fingerprint density at radius 2 is 1.86 bits per heavy atom. The van der Waals surface area contributed by atoms with Gasteiger partial charge in [0.25, 0.3) is 0 Å². The number of hydrogen-bond acceptors (Lipinski definition) is 2. The number of rotatable bonds is 5. The van der Waals surface area contributed by atoms with Crippen molar-refractivity contribution in [3.63, 3.8) is 0 Å². The van der Waals surface area contributed by atoms with Crippen LogP contribution in [0.1, 0.15) is 12.0 Å². The van der Waals surface area contributed by atoms with Gasteiger partial charge in [-0.1, -0.05) is 35.3 Å². The zero-order valence-electron chi connectivity index (χ0n) is 11.6. The van der Waals surface area contributed by atoms with Gasteiger partial charge in [-0.25, -0.2) is 0 Å². The molecule has 0 aliphatic heterocycles. The number of amides is 1. The van der Waals surface area contributed by atoms with Crippen LogP contribution in [0.4, 0.5) is 11.4 Å². The Kier molecular flexibility index (Phi) is 5.48. The van der Waals surface area contributed by atoms with E-state index in [1.165, 1.54) is 5.56 Å². The molecule has 2 aromatic carbocycles. The van der Waals surface area contributed by atoms with Crippen LogP contribution in [-0.4, -0.2) is 12.5 Å². The fraction of sp³-hybridized carbons (Fsp3) is 0.188. The molecule has 0 aromatic heterocycles. The zero-order valence-corrected chi connectivity index (χ0v) is 13.1. The van der Waals surface area contributed by atoms with Gasteiger partial charge < -0.3 is 10.6 Å². The summed E-state index contributed by atoms with van der Waals surface area (Å²) in [7, 11) is 0. The Morgan fingerprint density at radius 3 is 2.57 bits per heavy atom. The Balaban J connectivity index is 1.81. The van der Waals surface area contributed by atoms with Gasteiger partial charge in [-0.05, 0) is 42.8 Å². The van der Waals surface area contributed by atoms with Crippen molar-refractivity contribution < 1.29 is 4.79 Å². The van der Waals surface area contributed by atoms with Crippen LogP contribution in [0, 0.1) is 6.92 Å². The third-order valence-electron chi connectivity index (χ3n) is 2.90. The standard InChI is InChI=1S/C16H16Cl2N2O/c1-11-3-2-4-12(9-11)19-8-7-16(21)20-13-5-6-14(17)15(18)10-13/h2-6,9-10,19H,7-8H2,1H3,(H,20,21). The molecule has 3 nitrogen and oxygen atoms in total. The van der Waals surface area contributed by atoms with Crippen LogP contribution in [0.25, 0.3) is 0 Å². The molecule has 2 aromatic rings. The number of halogens is 2. The van der Waals surface area contributed by atoms with E-state index in [1.807, 2.05) is 31.2 Å². The average Bonchev–Trinajstić information content (AvgIpc) is 2.43. The molecule has 0 atom stereocenters. The van der Waals surface area contributed by atoms with Gasteiger partial charge in [-0.3, -0.25) is 4.79 Å². The van der Waals surface area contributed by atoms with E-state index in [9.17, 15) is 4.79 Å². The molecule has 0 saturated heterocycles. The monoisotopic (exact) mass is 322 g/mol. The van der Waals surface area contributed by atoms with E-state index in [0.29, 0.717) is 28.7 Å². The highest BCUT2D eigenvalue weighted by Gasteiger charge is 2.04. The maximum Gasteiger partial charge on any atom is 0.226 e. The molecule has 0 fully saturated rings. The van der Waals surface area contributed by atoms with Crippen molar-refractivity contribution >= 4 is 40.5 Å². The van der Waals surface area contributed by atoms with Crippen LogP contribution in [0.15, 0.2) is 42.5 Å². The van der Waals surface area contributed by atoms with Crippen molar-refractivity contribution in [2.45, 2.75) is 13.3 Å². The van der Waals surface area contributed by atoms with E-state index in [4.69, 9.17) is 23.2 Å². The Hall–Kier alpha value is -1.71. The van der Waals surface area contributed by atoms with Gasteiger partial charge >= 0.3 is 0 Å². The molecule has 0 saturated carbocycles. The summed E-state index contributed by atoms with van der Waals surface area (Å²) in [6.45, 7) is 2.60. The first-order valence-corrected chi connectivity index (χ1v) is 7.35. The molecular weight excluding hydrogens is 307 g/mol. The predicted octanol–water partition coefficient (Wildman–Crippen LogP) is 4.74. The number of carbonyl (C=O) groups excluding carboxylic acids is 1. The molecule has 1 amide bonds. The fourth-order valence-electron chi connectivity index (χ4n) is 1.87. The van der Waals surface area contributed by atoms with Gasteiger partial charge in [0.15, 0.2) is 0 Å². The van der Waals surface area contributed by atoms with Crippen LogP contribution in [0.5, 0.6) is 0 Å². The predicted molar refractivity (Wildman–Crippen MR) is 89.4 cm³/mol. The highest BCUT2D eigenvalue weighted by molar-refractivity contribution is 6.42. The topological polar surface area (TPSA) is 41.1 Å². The molecule has 0 radical (unpaired) electrons. The lowest BCUT2D eigenvalue weighted by atomic mass is 10.2. The highest BCUT2D eigenvalue weighted by atomic mass is 35.5. The van der Waals surface area contributed by atoms with Crippen LogP contribution >= 0.6 is 23.2 Å². The van der Waals surface area contributed by atoms with E-state index in [0.717, 1.165) is 5.69 Å². The normalized spacial score (nSPS) is 10.2. The Bertz CT molecular complexity index is 644. The minimum Gasteiger partial charge on any atom is -0.385 e. The Morgan fingerprint density at radius 1 is 1.05 bits per heavy atom. The molecule has 0 aliphatic carbocycles. The summed E-state index contributed by atoms with van der Waals surface area (Å²) in [5, 5.41) is 6.89. The van der Waals surface area contributed by atoms with Crippen LogP contribution < -0.4 is 10.6 Å². The van der Waals surface area contributed by atoms with Gasteiger partial charge in [0.05, 0.1) is 10.0 Å². The van der Waals surface area contributed by atoms with E-state index in [1.54, 1.807) is 18.2 Å². The number of benzene rings is 2. The van der Waals surface area contributed by atoms with Crippen molar-refractivity contribution in [1.82, 2.24) is 0 Å². The maximum atomic E-state index is 11.8. The van der Waals surface area contributed by atoms with Gasteiger partial charge in [0, 0.05) is 24.3 Å². The van der Waals surface area contributed by atoms with E-state index >= 15 is 0 Å². The van der Waals surface area contributed by atoms with Gasteiger partial charge in [0.2, 0.25) is 5.91 Å². The van der Waals surface area contributed by atoms with Gasteiger partial charge in [-0.15, -0.1) is 0 Å². The molecule has 0 heterocycles. The second-order valence-electron chi connectivity index (χ2n) is 4.72. The average molecular weight is 323 g/mol. The molecule has 0 aliphatic rings. The molecule has 2 N–H and O–H groups in total. The third-order valence-corrected chi connectivity index (χ3v) is 3.64. The Labute approximate surface area is 134 Å². The van der Waals surface area contributed by atoms with Crippen LogP contribution in [0.2, 0.25) is 10.0 Å². The molecule has 2 rings (SSSR count). The molecule has 0 spiro atoms. The van der Waals surface area contributed by atoms with Crippen molar-refractivity contribution in [1.29, 1.82) is 0 Å². The number of hydrogen-bond donors (Lipinski definition) is 2. The molecule has 0 unspecified atom stereocenters. The minimum absolute atomic E-state index is 0.0754. The third kappa shape index (κ3) is 4.96. The lowest BCUT2D eigenvalue weighted by Gasteiger charge is -2.08. The summed E-state index contributed by atoms with van der Waals surface area (Å²) in [5.74, 6) is -0.0754.